The molecule has 0 radical (unpaired) electrons. The average molecular weight is 243 g/mol. The van der Waals surface area contributed by atoms with Gasteiger partial charge in [-0.1, -0.05) is 18.7 Å². The molecule has 2 fully saturated rings. The van der Waals surface area contributed by atoms with Gasteiger partial charge in [0.15, 0.2) is 0 Å². The number of nitrogens with zero attached hydrogens (tertiary/aromatic N) is 1. The quantitative estimate of drug-likeness (QED) is 0.716. The average Bonchev–Trinajstić information content (AvgIpc) is 2.85. The normalized spacial score (nSPS) is 34.2. The topological polar surface area (TPSA) is 75.4 Å². The summed E-state index contributed by atoms with van der Waals surface area (Å²) in [6.45, 7) is 4.16. The Hall–Kier alpha value is -0.750. The number of carbonyl (C=O) groups excluding carboxylic acids is 2. The third-order valence-corrected chi connectivity index (χ3v) is 4.21. The summed E-state index contributed by atoms with van der Waals surface area (Å²) in [5.41, 5.74) is 5.74. The van der Waals surface area contributed by atoms with Crippen LogP contribution in [0.1, 0.15) is 13.3 Å². The highest BCUT2D eigenvalue weighted by atomic mass is 32.2. The Morgan fingerprint density at radius 3 is 3.00 bits per heavy atom. The second-order valence-electron chi connectivity index (χ2n) is 4.82. The van der Waals surface area contributed by atoms with Gasteiger partial charge in [-0.25, -0.2) is 0 Å². The summed E-state index contributed by atoms with van der Waals surface area (Å²) < 4.78 is 0. The van der Waals surface area contributed by atoms with E-state index in [0.717, 1.165) is 13.0 Å². The molecule has 3 N–H and O–H groups in total. The molecule has 0 aromatic rings. The third kappa shape index (κ3) is 2.17. The molecule has 2 saturated heterocycles. The van der Waals surface area contributed by atoms with Crippen molar-refractivity contribution < 1.29 is 9.59 Å². The standard InChI is InChI=1S/C10H17N3O2S/c1-10(5-11)2-3-13(6-10)8(14)7-4-16-9(15)12-7/h7H,2-6,11H2,1H3,(H,12,15)/t7-,10?/m0/s1. The molecule has 0 aromatic carbocycles. The van der Waals surface area contributed by atoms with Crippen LogP contribution in [0.4, 0.5) is 4.79 Å². The summed E-state index contributed by atoms with van der Waals surface area (Å²) in [7, 11) is 0. The second-order valence-corrected chi connectivity index (χ2v) is 5.81. The van der Waals surface area contributed by atoms with Crippen LogP contribution in [0.2, 0.25) is 0 Å². The molecule has 2 aliphatic rings. The number of likely N-dealkylation sites (tertiary alicyclic amines) is 1. The van der Waals surface area contributed by atoms with Crippen molar-refractivity contribution in [2.45, 2.75) is 19.4 Å². The number of carbonyl (C=O) groups is 2. The van der Waals surface area contributed by atoms with Crippen LogP contribution < -0.4 is 11.1 Å². The Bertz CT molecular complexity index is 323. The Morgan fingerprint density at radius 1 is 1.75 bits per heavy atom. The zero-order valence-electron chi connectivity index (χ0n) is 9.36. The van der Waals surface area contributed by atoms with Gasteiger partial charge in [0, 0.05) is 18.8 Å². The first-order valence-electron chi connectivity index (χ1n) is 5.46. The maximum absolute atomic E-state index is 12.1. The lowest BCUT2D eigenvalue weighted by molar-refractivity contribution is -0.131. The maximum atomic E-state index is 12.1. The van der Waals surface area contributed by atoms with Crippen LogP contribution in [0.3, 0.4) is 0 Å². The van der Waals surface area contributed by atoms with Crippen LogP contribution in [0.25, 0.3) is 0 Å². The Balaban J connectivity index is 1.94. The van der Waals surface area contributed by atoms with Crippen LogP contribution in [0.15, 0.2) is 0 Å². The highest BCUT2D eigenvalue weighted by Gasteiger charge is 2.39. The molecule has 1 unspecified atom stereocenters. The van der Waals surface area contributed by atoms with Gasteiger partial charge in [0.2, 0.25) is 5.91 Å². The molecule has 2 atom stereocenters. The van der Waals surface area contributed by atoms with Gasteiger partial charge in [-0.15, -0.1) is 0 Å². The van der Waals surface area contributed by atoms with E-state index < -0.39 is 0 Å². The fraction of sp³-hybridized carbons (Fsp3) is 0.800. The third-order valence-electron chi connectivity index (χ3n) is 3.33. The Morgan fingerprint density at radius 2 is 2.50 bits per heavy atom. The molecular weight excluding hydrogens is 226 g/mol. The van der Waals surface area contributed by atoms with E-state index in [1.165, 1.54) is 11.8 Å². The lowest BCUT2D eigenvalue weighted by atomic mass is 9.90. The predicted octanol–water partition coefficient (Wildman–Crippen LogP) is 0.00870. The monoisotopic (exact) mass is 243 g/mol. The van der Waals surface area contributed by atoms with E-state index in [2.05, 4.69) is 12.2 Å². The smallest absolute Gasteiger partial charge is 0.279 e. The molecule has 2 heterocycles. The van der Waals surface area contributed by atoms with Gasteiger partial charge in [-0.3, -0.25) is 9.59 Å². The van der Waals surface area contributed by atoms with Crippen molar-refractivity contribution in [1.29, 1.82) is 0 Å². The largest absolute Gasteiger partial charge is 0.340 e. The summed E-state index contributed by atoms with van der Waals surface area (Å²) in [5, 5.41) is 2.58. The first-order valence-corrected chi connectivity index (χ1v) is 6.45. The van der Waals surface area contributed by atoms with Crippen molar-refractivity contribution >= 4 is 22.9 Å². The molecule has 0 saturated carbocycles. The first-order chi connectivity index (χ1) is 7.54. The van der Waals surface area contributed by atoms with Crippen LogP contribution in [0.5, 0.6) is 0 Å². The number of rotatable bonds is 2. The molecule has 0 bridgehead atoms. The Kier molecular flexibility index (Phi) is 3.12. The van der Waals surface area contributed by atoms with E-state index >= 15 is 0 Å². The summed E-state index contributed by atoms with van der Waals surface area (Å²) in [6.07, 6.45) is 0.947. The molecule has 2 rings (SSSR count). The van der Waals surface area contributed by atoms with Gasteiger partial charge in [-0.05, 0) is 18.4 Å². The van der Waals surface area contributed by atoms with Crippen molar-refractivity contribution in [1.82, 2.24) is 10.2 Å². The lowest BCUT2D eigenvalue weighted by Gasteiger charge is -2.24. The predicted molar refractivity (Wildman–Crippen MR) is 63.1 cm³/mol. The molecule has 6 heteroatoms. The first kappa shape index (κ1) is 11.7. The molecule has 2 amide bonds. The summed E-state index contributed by atoms with van der Waals surface area (Å²) in [6, 6.07) is -0.336. The van der Waals surface area contributed by atoms with Crippen molar-refractivity contribution in [3.63, 3.8) is 0 Å². The highest BCUT2D eigenvalue weighted by Crippen LogP contribution is 2.29. The summed E-state index contributed by atoms with van der Waals surface area (Å²) >= 11 is 1.18. The number of hydrogen-bond acceptors (Lipinski definition) is 4. The fourth-order valence-electron chi connectivity index (χ4n) is 2.12. The van der Waals surface area contributed by atoms with Crippen LogP contribution in [0, 0.1) is 5.41 Å². The van der Waals surface area contributed by atoms with Gasteiger partial charge in [0.25, 0.3) is 5.24 Å². The number of hydrogen-bond donors (Lipinski definition) is 2. The fourth-order valence-corrected chi connectivity index (χ4v) is 2.89. The lowest BCUT2D eigenvalue weighted by Crippen LogP contribution is -2.45. The van der Waals surface area contributed by atoms with Gasteiger partial charge in [0.05, 0.1) is 0 Å². The van der Waals surface area contributed by atoms with Crippen molar-refractivity contribution in [3.8, 4) is 0 Å². The van der Waals surface area contributed by atoms with E-state index in [1.807, 2.05) is 4.90 Å². The molecule has 16 heavy (non-hydrogen) atoms. The molecular formula is C10H17N3O2S. The zero-order chi connectivity index (χ0) is 11.8. The minimum Gasteiger partial charge on any atom is -0.340 e. The van der Waals surface area contributed by atoms with Crippen LogP contribution >= 0.6 is 11.8 Å². The number of nitrogens with two attached hydrogens (primary N) is 1. The number of nitrogens with one attached hydrogen (secondary N) is 1. The second kappa shape index (κ2) is 4.25. The minimum atomic E-state index is -0.336. The van der Waals surface area contributed by atoms with E-state index in [0.29, 0.717) is 18.8 Å². The van der Waals surface area contributed by atoms with Crippen molar-refractivity contribution in [2.75, 3.05) is 25.4 Å². The molecule has 0 spiro atoms. The van der Waals surface area contributed by atoms with Gasteiger partial charge >= 0.3 is 0 Å². The van der Waals surface area contributed by atoms with E-state index in [1.54, 1.807) is 0 Å². The molecule has 0 aromatic heterocycles. The Labute approximate surface area is 99.1 Å². The molecule has 5 nitrogen and oxygen atoms in total. The minimum absolute atomic E-state index is 0.0375. The van der Waals surface area contributed by atoms with Crippen molar-refractivity contribution in [3.05, 3.63) is 0 Å². The number of amides is 2. The maximum Gasteiger partial charge on any atom is 0.279 e. The molecule has 90 valence electrons. The molecule has 2 aliphatic heterocycles. The van der Waals surface area contributed by atoms with Crippen molar-refractivity contribution in [2.24, 2.45) is 11.1 Å². The molecule has 0 aliphatic carbocycles. The van der Waals surface area contributed by atoms with E-state index in [-0.39, 0.29) is 22.6 Å². The van der Waals surface area contributed by atoms with Gasteiger partial charge < -0.3 is 16.0 Å². The summed E-state index contributed by atoms with van der Waals surface area (Å²) in [5.74, 6) is 0.587. The van der Waals surface area contributed by atoms with Crippen LogP contribution in [-0.4, -0.2) is 47.5 Å². The zero-order valence-corrected chi connectivity index (χ0v) is 10.2. The highest BCUT2D eigenvalue weighted by molar-refractivity contribution is 8.14. The van der Waals surface area contributed by atoms with E-state index in [4.69, 9.17) is 5.73 Å². The number of thioether (sulfide) groups is 1. The SMILES string of the molecule is CC1(CN)CCN(C(=O)[C@@H]2CSC(=O)N2)C1. The summed E-state index contributed by atoms with van der Waals surface area (Å²) in [4.78, 5) is 24.9. The van der Waals surface area contributed by atoms with Crippen LogP contribution in [-0.2, 0) is 4.79 Å². The van der Waals surface area contributed by atoms with Gasteiger partial charge in [-0.2, -0.15) is 0 Å². The van der Waals surface area contributed by atoms with E-state index in [9.17, 15) is 9.59 Å². The van der Waals surface area contributed by atoms with Gasteiger partial charge in [0.1, 0.15) is 6.04 Å².